The smallest absolute Gasteiger partial charge is 0.241 e. The zero-order valence-electron chi connectivity index (χ0n) is 28.6. The summed E-state index contributed by atoms with van der Waals surface area (Å²) in [6.07, 6.45) is 4.23. The van der Waals surface area contributed by atoms with Crippen molar-refractivity contribution in [2.75, 3.05) is 18.4 Å². The van der Waals surface area contributed by atoms with Crippen LogP contribution in [0.3, 0.4) is 0 Å². The number of aliphatic hydroxyl groups excluding tert-OH is 1. The SMILES string of the molecule is CCc1cn2c3c(cc(C(=O)C[C@@H](Cc4ccccc4)[C@H](O)[C@@H]4CC[C@@H](Cc5ccccc5)N(C)C4=O)cc13)N(C)S(=O)(=O)C(C)(C)C2. The number of amides is 1. The molecule has 4 aromatic rings. The largest absolute Gasteiger partial charge is 0.392 e. The van der Waals surface area contributed by atoms with E-state index >= 15 is 0 Å². The van der Waals surface area contributed by atoms with Gasteiger partial charge in [-0.2, -0.15) is 0 Å². The molecule has 9 heteroatoms. The number of carbonyl (C=O) groups excluding carboxylic acids is 2. The lowest BCUT2D eigenvalue weighted by atomic mass is 9.77. The van der Waals surface area contributed by atoms with E-state index < -0.39 is 32.7 Å². The maximum absolute atomic E-state index is 14.3. The molecule has 1 aromatic heterocycles. The van der Waals surface area contributed by atoms with E-state index in [1.165, 1.54) is 9.87 Å². The third-order valence-electron chi connectivity index (χ3n) is 10.7. The van der Waals surface area contributed by atoms with Crippen LogP contribution in [-0.4, -0.2) is 65.7 Å². The normalized spacial score (nSPS) is 21.6. The Morgan fingerprint density at radius 3 is 2.27 bits per heavy atom. The number of likely N-dealkylation sites (N-methyl/N-ethyl adjacent to an activating group) is 1. The number of sulfonamides is 1. The number of piperidine rings is 1. The summed E-state index contributed by atoms with van der Waals surface area (Å²) in [4.78, 5) is 29.8. The molecule has 4 atom stereocenters. The van der Waals surface area contributed by atoms with Gasteiger partial charge in [-0.25, -0.2) is 8.42 Å². The van der Waals surface area contributed by atoms with Crippen LogP contribution < -0.4 is 4.31 Å². The van der Waals surface area contributed by atoms with E-state index in [1.54, 1.807) is 31.9 Å². The highest BCUT2D eigenvalue weighted by molar-refractivity contribution is 7.94. The standard InChI is InChI=1S/C39H47N3O5S/c1-6-28-24-42-25-39(2,3)48(46,47)41(5)34-22-29(21-33(28)36(34)42)35(43)23-30(19-26-13-9-7-10-14-26)37(44)32-18-17-31(40(4)38(32)45)20-27-15-11-8-12-16-27/h7-16,21-22,24,30-32,37,44H,6,17-20,23,25H2,1-5H3/t30-,31+,32+,37+/m1/s1. The van der Waals surface area contributed by atoms with E-state index in [1.807, 2.05) is 72.4 Å². The Hall–Kier alpha value is -3.95. The van der Waals surface area contributed by atoms with Crippen LogP contribution in [0.25, 0.3) is 10.9 Å². The fraction of sp³-hybridized carbons (Fsp3) is 0.436. The van der Waals surface area contributed by atoms with Crippen molar-refractivity contribution in [2.45, 2.75) is 82.7 Å². The molecule has 1 amide bonds. The average Bonchev–Trinajstić information content (AvgIpc) is 3.40. The Balaban J connectivity index is 1.31. The molecule has 254 valence electrons. The quantitative estimate of drug-likeness (QED) is 0.208. The number of hydrogen-bond donors (Lipinski definition) is 1. The molecule has 0 bridgehead atoms. The van der Waals surface area contributed by atoms with Crippen LogP contribution in [0.15, 0.2) is 79.0 Å². The van der Waals surface area contributed by atoms with Gasteiger partial charge in [-0.1, -0.05) is 67.6 Å². The highest BCUT2D eigenvalue weighted by Crippen LogP contribution is 2.41. The first-order valence-corrected chi connectivity index (χ1v) is 18.5. The first-order chi connectivity index (χ1) is 22.8. The number of hydrogen-bond acceptors (Lipinski definition) is 5. The number of aryl methyl sites for hydroxylation is 1. The van der Waals surface area contributed by atoms with Crippen molar-refractivity contribution < 1.29 is 23.1 Å². The summed E-state index contributed by atoms with van der Waals surface area (Å²) in [5, 5.41) is 12.8. The highest BCUT2D eigenvalue weighted by Gasteiger charge is 2.43. The van der Waals surface area contributed by atoms with Gasteiger partial charge in [0, 0.05) is 50.2 Å². The second-order valence-corrected chi connectivity index (χ2v) is 16.9. The fourth-order valence-corrected chi connectivity index (χ4v) is 9.22. The minimum absolute atomic E-state index is 0.0199. The first kappa shape index (κ1) is 33.9. The predicted molar refractivity (Wildman–Crippen MR) is 191 cm³/mol. The summed E-state index contributed by atoms with van der Waals surface area (Å²) < 4.78 is 29.7. The van der Waals surface area contributed by atoms with Gasteiger partial charge in [0.25, 0.3) is 0 Å². The molecule has 0 saturated carbocycles. The molecule has 1 saturated heterocycles. The van der Waals surface area contributed by atoms with Crippen molar-refractivity contribution in [3.05, 3.63) is 101 Å². The molecule has 0 radical (unpaired) electrons. The lowest BCUT2D eigenvalue weighted by molar-refractivity contribution is -0.146. The Bertz CT molecular complexity index is 1920. The number of Topliss-reactive ketones (excluding diaryl/α,β-unsaturated/α-hetero) is 1. The van der Waals surface area contributed by atoms with Crippen molar-refractivity contribution in [3.8, 4) is 0 Å². The number of nitrogens with zero attached hydrogens (tertiary/aromatic N) is 3. The molecular formula is C39H47N3O5S. The number of aliphatic hydroxyl groups is 1. The number of aromatic nitrogens is 1. The molecule has 8 nitrogen and oxygen atoms in total. The molecule has 2 aliphatic rings. The monoisotopic (exact) mass is 669 g/mol. The van der Waals surface area contributed by atoms with Crippen LogP contribution >= 0.6 is 0 Å². The third-order valence-corrected chi connectivity index (χ3v) is 13.2. The number of benzene rings is 3. The van der Waals surface area contributed by atoms with Gasteiger partial charge < -0.3 is 14.6 Å². The van der Waals surface area contributed by atoms with Crippen molar-refractivity contribution >= 4 is 38.3 Å². The number of ketones is 1. The summed E-state index contributed by atoms with van der Waals surface area (Å²) >= 11 is 0. The van der Waals surface area contributed by atoms with Gasteiger partial charge in [-0.3, -0.25) is 13.9 Å². The lowest BCUT2D eigenvalue weighted by Crippen LogP contribution is -2.51. The number of carbonyl (C=O) groups is 2. The van der Waals surface area contributed by atoms with E-state index in [9.17, 15) is 23.1 Å². The van der Waals surface area contributed by atoms with Crippen LogP contribution in [0.1, 0.15) is 67.1 Å². The van der Waals surface area contributed by atoms with Gasteiger partial charge in [0.15, 0.2) is 5.78 Å². The van der Waals surface area contributed by atoms with Gasteiger partial charge >= 0.3 is 0 Å². The molecule has 1 fully saturated rings. The van der Waals surface area contributed by atoms with Crippen LogP contribution in [-0.2, 0) is 40.6 Å². The van der Waals surface area contributed by atoms with E-state index in [4.69, 9.17) is 0 Å². The van der Waals surface area contributed by atoms with E-state index in [2.05, 4.69) is 19.1 Å². The second kappa shape index (κ2) is 13.2. The molecule has 3 heterocycles. The Morgan fingerprint density at radius 2 is 1.62 bits per heavy atom. The minimum Gasteiger partial charge on any atom is -0.392 e. The van der Waals surface area contributed by atoms with Gasteiger partial charge in [-0.05, 0) is 80.7 Å². The van der Waals surface area contributed by atoms with Gasteiger partial charge in [-0.15, -0.1) is 0 Å². The van der Waals surface area contributed by atoms with E-state index in [0.29, 0.717) is 30.6 Å². The zero-order valence-corrected chi connectivity index (χ0v) is 29.4. The molecule has 2 aliphatic heterocycles. The molecule has 0 aliphatic carbocycles. The second-order valence-electron chi connectivity index (χ2n) is 14.3. The van der Waals surface area contributed by atoms with E-state index in [0.717, 1.165) is 41.3 Å². The molecule has 6 rings (SSSR count). The lowest BCUT2D eigenvalue weighted by Gasteiger charge is -2.40. The molecule has 0 unspecified atom stereocenters. The topological polar surface area (TPSA) is 99.9 Å². The maximum atomic E-state index is 14.3. The summed E-state index contributed by atoms with van der Waals surface area (Å²) in [6.45, 7) is 5.83. The molecule has 0 spiro atoms. The summed E-state index contributed by atoms with van der Waals surface area (Å²) in [6, 6.07) is 23.5. The Labute approximate surface area is 284 Å². The number of anilines is 1. The third kappa shape index (κ3) is 6.18. The predicted octanol–water partition coefficient (Wildman–Crippen LogP) is 6.03. The van der Waals surface area contributed by atoms with Gasteiger partial charge in [0.1, 0.15) is 4.75 Å². The van der Waals surface area contributed by atoms with Crippen LogP contribution in [0.4, 0.5) is 5.69 Å². The Morgan fingerprint density at radius 1 is 0.979 bits per heavy atom. The highest BCUT2D eigenvalue weighted by atomic mass is 32.2. The Kier molecular flexibility index (Phi) is 9.30. The summed E-state index contributed by atoms with van der Waals surface area (Å²) in [5.41, 5.74) is 4.90. The number of rotatable bonds is 10. The molecular weight excluding hydrogens is 623 g/mol. The maximum Gasteiger partial charge on any atom is 0.241 e. The molecule has 3 aromatic carbocycles. The van der Waals surface area contributed by atoms with E-state index in [-0.39, 0.29) is 24.2 Å². The van der Waals surface area contributed by atoms with Crippen molar-refractivity contribution in [2.24, 2.45) is 11.8 Å². The van der Waals surface area contributed by atoms with Crippen LogP contribution in [0.2, 0.25) is 0 Å². The van der Waals surface area contributed by atoms with Crippen LogP contribution in [0.5, 0.6) is 0 Å². The van der Waals surface area contributed by atoms with Gasteiger partial charge in [0.2, 0.25) is 15.9 Å². The fourth-order valence-electron chi connectivity index (χ4n) is 7.78. The first-order valence-electron chi connectivity index (χ1n) is 17.0. The minimum atomic E-state index is -3.73. The average molecular weight is 670 g/mol. The molecule has 1 N–H and O–H groups in total. The van der Waals surface area contributed by atoms with Gasteiger partial charge in [0.05, 0.1) is 23.2 Å². The molecule has 48 heavy (non-hydrogen) atoms. The zero-order chi connectivity index (χ0) is 34.4. The van der Waals surface area contributed by atoms with Crippen molar-refractivity contribution in [3.63, 3.8) is 0 Å². The summed E-state index contributed by atoms with van der Waals surface area (Å²) in [5.74, 6) is -1.41. The summed E-state index contributed by atoms with van der Waals surface area (Å²) in [7, 11) is -0.350. The van der Waals surface area contributed by atoms with Crippen molar-refractivity contribution in [1.29, 1.82) is 0 Å². The van der Waals surface area contributed by atoms with Crippen LogP contribution in [0, 0.1) is 11.8 Å². The van der Waals surface area contributed by atoms with Crippen molar-refractivity contribution in [1.82, 2.24) is 9.47 Å². The number of likely N-dealkylation sites (tertiary alicyclic amines) is 1.